The van der Waals surface area contributed by atoms with E-state index < -0.39 is 5.82 Å². The fourth-order valence-electron chi connectivity index (χ4n) is 2.75. The molecule has 0 bridgehead atoms. The summed E-state index contributed by atoms with van der Waals surface area (Å²) in [4.78, 5) is 30.5. The zero-order valence-corrected chi connectivity index (χ0v) is 12.5. The molecule has 1 aliphatic heterocycles. The molecule has 0 atom stereocenters. The molecule has 3 rings (SSSR count). The van der Waals surface area contributed by atoms with Gasteiger partial charge >= 0.3 is 0 Å². The number of aromatic nitrogens is 2. The molecule has 116 valence electrons. The number of piperidine rings is 1. The third kappa shape index (κ3) is 2.86. The summed E-state index contributed by atoms with van der Waals surface area (Å²) in [7, 11) is 0. The second-order valence-electron chi connectivity index (χ2n) is 5.90. The number of carbonyl (C=O) groups excluding carboxylic acids is 1. The standard InChI is InChI=1S/C16H18FN3O2/c1-11-4-6-19(7-5-11)15(21)9-20-10-18-14-3-2-12(17)8-13(14)16(20)22/h2-3,8,10-11H,4-7,9H2,1H3. The minimum absolute atomic E-state index is 0.0489. The molecule has 2 heterocycles. The number of halogens is 1. The second-order valence-corrected chi connectivity index (χ2v) is 5.90. The fraction of sp³-hybridized carbons (Fsp3) is 0.438. The molecule has 2 aromatic rings. The molecule has 1 saturated heterocycles. The predicted octanol–water partition coefficient (Wildman–Crippen LogP) is 1.79. The van der Waals surface area contributed by atoms with Gasteiger partial charge in [-0.25, -0.2) is 9.37 Å². The molecular weight excluding hydrogens is 285 g/mol. The Hall–Kier alpha value is -2.24. The van der Waals surface area contributed by atoms with Crippen molar-refractivity contribution >= 4 is 16.8 Å². The molecule has 0 unspecified atom stereocenters. The largest absolute Gasteiger partial charge is 0.341 e. The van der Waals surface area contributed by atoms with Crippen LogP contribution in [0.3, 0.4) is 0 Å². The normalized spacial score (nSPS) is 16.2. The molecule has 22 heavy (non-hydrogen) atoms. The van der Waals surface area contributed by atoms with Gasteiger partial charge in [0, 0.05) is 13.1 Å². The number of carbonyl (C=O) groups is 1. The average Bonchev–Trinajstić information content (AvgIpc) is 2.51. The number of hydrogen-bond donors (Lipinski definition) is 0. The lowest BCUT2D eigenvalue weighted by Crippen LogP contribution is -2.41. The highest BCUT2D eigenvalue weighted by Crippen LogP contribution is 2.16. The number of hydrogen-bond acceptors (Lipinski definition) is 3. The summed E-state index contributed by atoms with van der Waals surface area (Å²) in [6, 6.07) is 3.89. The number of likely N-dealkylation sites (tertiary alicyclic amines) is 1. The first-order valence-electron chi connectivity index (χ1n) is 7.47. The highest BCUT2D eigenvalue weighted by atomic mass is 19.1. The van der Waals surface area contributed by atoms with Crippen molar-refractivity contribution in [2.24, 2.45) is 5.92 Å². The van der Waals surface area contributed by atoms with E-state index in [9.17, 15) is 14.0 Å². The van der Waals surface area contributed by atoms with E-state index in [-0.39, 0.29) is 23.4 Å². The van der Waals surface area contributed by atoms with E-state index in [1.807, 2.05) is 0 Å². The van der Waals surface area contributed by atoms with E-state index >= 15 is 0 Å². The summed E-state index contributed by atoms with van der Waals surface area (Å²) >= 11 is 0. The lowest BCUT2D eigenvalue weighted by Gasteiger charge is -2.30. The van der Waals surface area contributed by atoms with Crippen molar-refractivity contribution in [1.82, 2.24) is 14.5 Å². The summed E-state index contributed by atoms with van der Waals surface area (Å²) < 4.78 is 14.5. The van der Waals surface area contributed by atoms with Crippen molar-refractivity contribution in [1.29, 1.82) is 0 Å². The zero-order valence-electron chi connectivity index (χ0n) is 12.5. The first-order valence-corrected chi connectivity index (χ1v) is 7.47. The van der Waals surface area contributed by atoms with Crippen LogP contribution in [0.1, 0.15) is 19.8 Å². The van der Waals surface area contributed by atoms with Crippen molar-refractivity contribution in [3.05, 3.63) is 40.7 Å². The Morgan fingerprint density at radius 1 is 1.36 bits per heavy atom. The van der Waals surface area contributed by atoms with Crippen LogP contribution in [0, 0.1) is 11.7 Å². The Labute approximate surface area is 127 Å². The summed E-state index contributed by atoms with van der Waals surface area (Å²) in [5.41, 5.74) is 0.0464. The number of benzene rings is 1. The smallest absolute Gasteiger partial charge is 0.261 e. The number of amides is 1. The molecular formula is C16H18FN3O2. The van der Waals surface area contributed by atoms with Gasteiger partial charge in [-0.05, 0) is 37.0 Å². The van der Waals surface area contributed by atoms with Gasteiger partial charge in [0.15, 0.2) is 0 Å². The quantitative estimate of drug-likeness (QED) is 0.850. The van der Waals surface area contributed by atoms with Gasteiger partial charge in [-0.15, -0.1) is 0 Å². The molecule has 0 aliphatic carbocycles. The van der Waals surface area contributed by atoms with Gasteiger partial charge in [-0.1, -0.05) is 6.92 Å². The van der Waals surface area contributed by atoms with Crippen LogP contribution in [-0.4, -0.2) is 33.4 Å². The van der Waals surface area contributed by atoms with Gasteiger partial charge in [0.2, 0.25) is 5.91 Å². The van der Waals surface area contributed by atoms with Crippen LogP contribution in [0.15, 0.2) is 29.3 Å². The van der Waals surface area contributed by atoms with Gasteiger partial charge in [-0.3, -0.25) is 14.2 Å². The maximum atomic E-state index is 13.3. The third-order valence-corrected chi connectivity index (χ3v) is 4.23. The van der Waals surface area contributed by atoms with Crippen molar-refractivity contribution in [2.75, 3.05) is 13.1 Å². The maximum Gasteiger partial charge on any atom is 0.261 e. The molecule has 1 aliphatic rings. The van der Waals surface area contributed by atoms with Crippen LogP contribution in [0.25, 0.3) is 10.9 Å². The Balaban J connectivity index is 1.83. The van der Waals surface area contributed by atoms with Gasteiger partial charge in [0.05, 0.1) is 17.2 Å². The van der Waals surface area contributed by atoms with Crippen molar-refractivity contribution in [3.8, 4) is 0 Å². The van der Waals surface area contributed by atoms with Gasteiger partial charge < -0.3 is 4.90 Å². The first-order chi connectivity index (χ1) is 10.5. The predicted molar refractivity (Wildman–Crippen MR) is 80.9 cm³/mol. The van der Waals surface area contributed by atoms with Crippen LogP contribution in [0.5, 0.6) is 0 Å². The van der Waals surface area contributed by atoms with Crippen molar-refractivity contribution in [3.63, 3.8) is 0 Å². The second kappa shape index (κ2) is 5.87. The van der Waals surface area contributed by atoms with E-state index in [0.29, 0.717) is 11.4 Å². The van der Waals surface area contributed by atoms with Crippen LogP contribution in [0.2, 0.25) is 0 Å². The van der Waals surface area contributed by atoms with Crippen LogP contribution in [-0.2, 0) is 11.3 Å². The summed E-state index contributed by atoms with van der Waals surface area (Å²) in [6.07, 6.45) is 3.33. The molecule has 1 aromatic carbocycles. The van der Waals surface area contributed by atoms with Gasteiger partial charge in [0.25, 0.3) is 5.56 Å². The highest BCUT2D eigenvalue weighted by Gasteiger charge is 2.21. The molecule has 0 spiro atoms. The Morgan fingerprint density at radius 3 is 2.82 bits per heavy atom. The minimum Gasteiger partial charge on any atom is -0.341 e. The SMILES string of the molecule is CC1CCN(C(=O)Cn2cnc3ccc(F)cc3c2=O)CC1. The topological polar surface area (TPSA) is 55.2 Å². The number of rotatable bonds is 2. The van der Waals surface area contributed by atoms with Crippen molar-refractivity contribution in [2.45, 2.75) is 26.3 Å². The zero-order chi connectivity index (χ0) is 15.7. The van der Waals surface area contributed by atoms with E-state index in [4.69, 9.17) is 0 Å². The molecule has 0 N–H and O–H groups in total. The van der Waals surface area contributed by atoms with E-state index in [1.54, 1.807) is 4.90 Å². The highest BCUT2D eigenvalue weighted by molar-refractivity contribution is 5.79. The summed E-state index contributed by atoms with van der Waals surface area (Å²) in [5, 5.41) is 0.197. The average molecular weight is 303 g/mol. The van der Waals surface area contributed by atoms with E-state index in [1.165, 1.54) is 23.0 Å². The van der Waals surface area contributed by atoms with Crippen LogP contribution >= 0.6 is 0 Å². The molecule has 0 saturated carbocycles. The minimum atomic E-state index is -0.486. The Kier molecular flexibility index (Phi) is 3.92. The first kappa shape index (κ1) is 14.7. The number of nitrogens with zero attached hydrogens (tertiary/aromatic N) is 3. The molecule has 0 radical (unpaired) electrons. The van der Waals surface area contributed by atoms with Gasteiger partial charge in [-0.2, -0.15) is 0 Å². The molecule has 1 fully saturated rings. The monoisotopic (exact) mass is 303 g/mol. The summed E-state index contributed by atoms with van der Waals surface area (Å²) in [5.74, 6) is 0.0594. The Morgan fingerprint density at radius 2 is 2.09 bits per heavy atom. The van der Waals surface area contributed by atoms with E-state index in [0.717, 1.165) is 32.0 Å². The molecule has 5 nitrogen and oxygen atoms in total. The Bertz CT molecular complexity index is 764. The van der Waals surface area contributed by atoms with Crippen molar-refractivity contribution < 1.29 is 9.18 Å². The molecule has 1 aromatic heterocycles. The lowest BCUT2D eigenvalue weighted by atomic mass is 9.99. The fourth-order valence-corrected chi connectivity index (χ4v) is 2.75. The molecule has 1 amide bonds. The lowest BCUT2D eigenvalue weighted by molar-refractivity contribution is -0.133. The van der Waals surface area contributed by atoms with Crippen LogP contribution in [0.4, 0.5) is 4.39 Å². The molecule has 6 heteroatoms. The maximum absolute atomic E-state index is 13.3. The van der Waals surface area contributed by atoms with Gasteiger partial charge in [0.1, 0.15) is 12.4 Å². The summed E-state index contributed by atoms with van der Waals surface area (Å²) in [6.45, 7) is 3.58. The number of fused-ring (bicyclic) bond motifs is 1. The third-order valence-electron chi connectivity index (χ3n) is 4.23. The van der Waals surface area contributed by atoms with E-state index in [2.05, 4.69) is 11.9 Å². The van der Waals surface area contributed by atoms with Crippen LogP contribution < -0.4 is 5.56 Å².